The minimum Gasteiger partial charge on any atom is -1.00 e. The Balaban J connectivity index is -0.0000000817. The van der Waals surface area contributed by atoms with E-state index in [0.717, 1.165) is 0 Å². The van der Waals surface area contributed by atoms with Gasteiger partial charge in [0.2, 0.25) is 0 Å². The van der Waals surface area contributed by atoms with Crippen molar-refractivity contribution in [1.82, 2.24) is 0 Å². The predicted octanol–water partition coefficient (Wildman–Crippen LogP) is -3.01. The Morgan fingerprint density at radius 3 is 1.09 bits per heavy atom. The number of rotatable bonds is 5. The third kappa shape index (κ3) is 24.5. The molecule has 0 N–H and O–H groups in total. The van der Waals surface area contributed by atoms with Crippen LogP contribution in [0.25, 0.3) is 0 Å². The smallest absolute Gasteiger partial charge is 1.00 e. The summed E-state index contributed by atoms with van der Waals surface area (Å²) in [6, 6.07) is 0. The SMILES string of the molecule is CCCCCCCC.[Br-].[Br-].[Mg+2]. The van der Waals surface area contributed by atoms with Gasteiger partial charge in [0.15, 0.2) is 0 Å². The zero-order valence-electron chi connectivity index (χ0n) is 7.71. The molecule has 0 aliphatic rings. The standard InChI is InChI=1S/C8H18.2BrH.Mg/c1-3-5-7-8-6-4-2;;;/h3-8H2,1-2H3;2*1H;/q;;;+2/p-2. The van der Waals surface area contributed by atoms with E-state index in [9.17, 15) is 0 Å². The van der Waals surface area contributed by atoms with Crippen molar-refractivity contribution >= 4 is 23.1 Å². The first kappa shape index (κ1) is 23.0. The van der Waals surface area contributed by atoms with Gasteiger partial charge in [-0.15, -0.1) is 0 Å². The molecule has 0 aliphatic heterocycles. The summed E-state index contributed by atoms with van der Waals surface area (Å²) in [5, 5.41) is 0. The molecule has 0 saturated heterocycles. The first-order valence-electron chi connectivity index (χ1n) is 3.91. The van der Waals surface area contributed by atoms with Crippen LogP contribution < -0.4 is 34.0 Å². The Morgan fingerprint density at radius 2 is 0.909 bits per heavy atom. The van der Waals surface area contributed by atoms with Crippen molar-refractivity contribution in [2.24, 2.45) is 0 Å². The fourth-order valence-electron chi connectivity index (χ4n) is 0.854. The van der Waals surface area contributed by atoms with Crippen LogP contribution in [0.3, 0.4) is 0 Å². The fraction of sp³-hybridized carbons (Fsp3) is 1.00. The molecule has 0 heterocycles. The minimum atomic E-state index is 0. The van der Waals surface area contributed by atoms with E-state index in [1.807, 2.05) is 0 Å². The van der Waals surface area contributed by atoms with Gasteiger partial charge in [-0.05, 0) is 0 Å². The summed E-state index contributed by atoms with van der Waals surface area (Å²) in [4.78, 5) is 0. The van der Waals surface area contributed by atoms with Crippen molar-refractivity contribution in [2.45, 2.75) is 52.4 Å². The number of unbranched alkanes of at least 4 members (excludes halogenated alkanes) is 5. The van der Waals surface area contributed by atoms with Crippen LogP contribution in [-0.2, 0) is 0 Å². The summed E-state index contributed by atoms with van der Waals surface area (Å²) >= 11 is 0. The third-order valence-corrected chi connectivity index (χ3v) is 1.46. The molecular formula is C8H18Br2Mg. The van der Waals surface area contributed by atoms with Crippen molar-refractivity contribution in [3.05, 3.63) is 0 Å². The zero-order valence-corrected chi connectivity index (χ0v) is 12.3. The van der Waals surface area contributed by atoms with Crippen LogP contribution in [0.5, 0.6) is 0 Å². The summed E-state index contributed by atoms with van der Waals surface area (Å²) in [5.41, 5.74) is 0. The van der Waals surface area contributed by atoms with Crippen molar-refractivity contribution in [3.63, 3.8) is 0 Å². The molecule has 0 nitrogen and oxygen atoms in total. The summed E-state index contributed by atoms with van der Waals surface area (Å²) in [6.45, 7) is 4.51. The Kier molecular flexibility index (Phi) is 47.2. The average molecular weight is 298 g/mol. The normalized spacial score (nSPS) is 7.09. The number of hydrogen-bond donors (Lipinski definition) is 0. The molecule has 0 amide bonds. The molecule has 0 spiro atoms. The topological polar surface area (TPSA) is 0 Å². The first-order chi connectivity index (χ1) is 3.91. The molecule has 0 radical (unpaired) electrons. The van der Waals surface area contributed by atoms with E-state index in [4.69, 9.17) is 0 Å². The van der Waals surface area contributed by atoms with Gasteiger partial charge >= 0.3 is 23.1 Å². The maximum Gasteiger partial charge on any atom is 2.00 e. The summed E-state index contributed by atoms with van der Waals surface area (Å²) in [7, 11) is 0. The number of hydrogen-bond acceptors (Lipinski definition) is 0. The van der Waals surface area contributed by atoms with E-state index >= 15 is 0 Å². The molecule has 0 aliphatic carbocycles. The summed E-state index contributed by atoms with van der Waals surface area (Å²) in [6.07, 6.45) is 8.49. The van der Waals surface area contributed by atoms with Crippen LogP contribution in [0.15, 0.2) is 0 Å². The maximum atomic E-state index is 2.26. The molecule has 0 unspecified atom stereocenters. The molecule has 0 fully saturated rings. The average Bonchev–Trinajstić information content (AvgIpc) is 1.81. The molecule has 0 rings (SSSR count). The third-order valence-electron chi connectivity index (χ3n) is 1.46. The van der Waals surface area contributed by atoms with Gasteiger partial charge in [-0.2, -0.15) is 0 Å². The Morgan fingerprint density at radius 1 is 0.636 bits per heavy atom. The molecule has 0 atom stereocenters. The van der Waals surface area contributed by atoms with Gasteiger partial charge in [-0.3, -0.25) is 0 Å². The second-order valence-electron chi connectivity index (χ2n) is 2.41. The van der Waals surface area contributed by atoms with Gasteiger partial charge in [0, 0.05) is 0 Å². The molecule has 0 saturated carbocycles. The van der Waals surface area contributed by atoms with Crippen LogP contribution in [0.2, 0.25) is 0 Å². The maximum absolute atomic E-state index is 2.26. The van der Waals surface area contributed by atoms with E-state index in [1.165, 1.54) is 38.5 Å². The van der Waals surface area contributed by atoms with E-state index in [-0.39, 0.29) is 57.0 Å². The summed E-state index contributed by atoms with van der Waals surface area (Å²) in [5.74, 6) is 0. The molecular weight excluding hydrogens is 280 g/mol. The van der Waals surface area contributed by atoms with Gasteiger partial charge in [-0.25, -0.2) is 0 Å². The minimum absolute atomic E-state index is 0. The van der Waals surface area contributed by atoms with Crippen LogP contribution in [0, 0.1) is 0 Å². The van der Waals surface area contributed by atoms with E-state index in [2.05, 4.69) is 13.8 Å². The summed E-state index contributed by atoms with van der Waals surface area (Å²) < 4.78 is 0. The van der Waals surface area contributed by atoms with E-state index < -0.39 is 0 Å². The monoisotopic (exact) mass is 296 g/mol. The van der Waals surface area contributed by atoms with Crippen molar-refractivity contribution in [1.29, 1.82) is 0 Å². The van der Waals surface area contributed by atoms with Crippen molar-refractivity contribution < 1.29 is 34.0 Å². The first-order valence-corrected chi connectivity index (χ1v) is 3.91. The van der Waals surface area contributed by atoms with Crippen molar-refractivity contribution in [2.75, 3.05) is 0 Å². The van der Waals surface area contributed by atoms with Crippen LogP contribution in [0.4, 0.5) is 0 Å². The van der Waals surface area contributed by atoms with E-state index in [1.54, 1.807) is 0 Å². The Hall–Kier alpha value is 1.73. The van der Waals surface area contributed by atoms with Gasteiger partial charge in [-0.1, -0.05) is 52.4 Å². The molecule has 66 valence electrons. The van der Waals surface area contributed by atoms with Crippen molar-refractivity contribution in [3.8, 4) is 0 Å². The van der Waals surface area contributed by atoms with Crippen LogP contribution in [0.1, 0.15) is 52.4 Å². The van der Waals surface area contributed by atoms with Gasteiger partial charge in [0.25, 0.3) is 0 Å². The quantitative estimate of drug-likeness (QED) is 0.375. The van der Waals surface area contributed by atoms with E-state index in [0.29, 0.717) is 0 Å². The molecule has 0 bridgehead atoms. The molecule has 11 heavy (non-hydrogen) atoms. The molecule has 0 aromatic heterocycles. The molecule has 0 aromatic rings. The van der Waals surface area contributed by atoms with Crippen LogP contribution in [-0.4, -0.2) is 23.1 Å². The second kappa shape index (κ2) is 22.6. The van der Waals surface area contributed by atoms with Gasteiger partial charge in [0.05, 0.1) is 0 Å². The Labute approximate surface area is 109 Å². The number of halogens is 2. The molecule has 0 aromatic carbocycles. The van der Waals surface area contributed by atoms with Gasteiger partial charge < -0.3 is 34.0 Å². The second-order valence-corrected chi connectivity index (χ2v) is 2.41. The fourth-order valence-corrected chi connectivity index (χ4v) is 0.854. The largest absolute Gasteiger partial charge is 2.00 e. The molecule has 3 heteroatoms. The van der Waals surface area contributed by atoms with Crippen LogP contribution >= 0.6 is 0 Å². The Bertz CT molecular complexity index is 37.1. The zero-order chi connectivity index (χ0) is 6.24. The predicted molar refractivity (Wildman–Crippen MR) is 44.8 cm³/mol. The van der Waals surface area contributed by atoms with Gasteiger partial charge in [0.1, 0.15) is 0 Å².